The van der Waals surface area contributed by atoms with E-state index in [1.807, 2.05) is 24.3 Å². The topological polar surface area (TPSA) is 111 Å². The number of benzene rings is 4. The number of carbonyl (C=O) groups excluding carboxylic acids is 2. The van der Waals surface area contributed by atoms with E-state index in [2.05, 4.69) is 66.0 Å². The molecule has 0 saturated heterocycles. The number of carbonyl (C=O) groups is 3. The van der Waals surface area contributed by atoms with Crippen molar-refractivity contribution in [3.8, 4) is 0 Å². The molecule has 1 amide bonds. The standard InChI is InChI=1S/C38H45NO7/c1-2-44-34(40)27-46-36(38(42)43)35(45-24-12-4-6-14-29-20-22-31-16-8-10-18-33(31)26-29)37(41)39-23-11-3-5-13-28-19-21-30-15-7-9-17-32(30)25-28/h7-10,15-22,25-26,35-36H,2-6,11-14,23-24,27H2,1H3,(H,39,41)(H,42,43)/t35-,36-/m1/s1. The molecule has 0 aromatic heterocycles. The molecule has 8 heteroatoms. The lowest BCUT2D eigenvalue weighted by atomic mass is 10.0. The molecule has 0 saturated carbocycles. The van der Waals surface area contributed by atoms with Crippen molar-refractivity contribution < 1.29 is 33.7 Å². The number of esters is 1. The van der Waals surface area contributed by atoms with Crippen LogP contribution in [0.2, 0.25) is 0 Å². The fourth-order valence-electron chi connectivity index (χ4n) is 5.50. The minimum atomic E-state index is -1.64. The molecule has 46 heavy (non-hydrogen) atoms. The van der Waals surface area contributed by atoms with Crippen LogP contribution >= 0.6 is 0 Å². The Labute approximate surface area is 271 Å². The van der Waals surface area contributed by atoms with Crippen molar-refractivity contribution in [2.24, 2.45) is 0 Å². The molecule has 0 radical (unpaired) electrons. The molecule has 2 atom stereocenters. The lowest BCUT2D eigenvalue weighted by molar-refractivity contribution is -0.174. The van der Waals surface area contributed by atoms with Gasteiger partial charge in [-0.3, -0.25) is 4.79 Å². The summed E-state index contributed by atoms with van der Waals surface area (Å²) in [7, 11) is 0. The Morgan fingerprint density at radius 1 is 0.674 bits per heavy atom. The summed E-state index contributed by atoms with van der Waals surface area (Å²) in [6.45, 7) is 1.77. The second-order valence-electron chi connectivity index (χ2n) is 11.4. The third kappa shape index (κ3) is 11.0. The zero-order valence-corrected chi connectivity index (χ0v) is 26.6. The van der Waals surface area contributed by atoms with Gasteiger partial charge in [0.1, 0.15) is 6.61 Å². The van der Waals surface area contributed by atoms with E-state index < -0.39 is 36.7 Å². The van der Waals surface area contributed by atoms with Gasteiger partial charge in [0.2, 0.25) is 0 Å². The van der Waals surface area contributed by atoms with Crippen molar-refractivity contribution in [1.29, 1.82) is 0 Å². The summed E-state index contributed by atoms with van der Waals surface area (Å²) in [5.41, 5.74) is 2.53. The Bertz CT molecular complexity index is 1570. The first-order valence-corrected chi connectivity index (χ1v) is 16.3. The van der Waals surface area contributed by atoms with Crippen molar-refractivity contribution >= 4 is 39.4 Å². The predicted molar refractivity (Wildman–Crippen MR) is 180 cm³/mol. The van der Waals surface area contributed by atoms with Crippen molar-refractivity contribution in [3.05, 3.63) is 96.1 Å². The molecule has 2 N–H and O–H groups in total. The summed E-state index contributed by atoms with van der Waals surface area (Å²) in [6.07, 6.45) is 3.84. The smallest absolute Gasteiger partial charge is 0.336 e. The van der Waals surface area contributed by atoms with Crippen LogP contribution in [-0.4, -0.2) is 61.5 Å². The number of ether oxygens (including phenoxy) is 3. The minimum absolute atomic E-state index is 0.139. The first-order valence-electron chi connectivity index (χ1n) is 16.3. The van der Waals surface area contributed by atoms with Crippen LogP contribution in [0, 0.1) is 0 Å². The third-order valence-corrected chi connectivity index (χ3v) is 7.94. The van der Waals surface area contributed by atoms with Crippen LogP contribution in [0.15, 0.2) is 84.9 Å². The van der Waals surface area contributed by atoms with Crippen LogP contribution in [0.25, 0.3) is 21.5 Å². The zero-order chi connectivity index (χ0) is 32.6. The molecule has 0 aliphatic rings. The second kappa shape index (κ2) is 18.6. The summed E-state index contributed by atoms with van der Waals surface area (Å²) in [6, 6.07) is 29.5. The van der Waals surface area contributed by atoms with Gasteiger partial charge in [0.15, 0.2) is 12.2 Å². The maximum Gasteiger partial charge on any atom is 0.336 e. The van der Waals surface area contributed by atoms with Crippen LogP contribution in [0.4, 0.5) is 0 Å². The van der Waals surface area contributed by atoms with Gasteiger partial charge >= 0.3 is 11.9 Å². The minimum Gasteiger partial charge on any atom is -0.479 e. The lowest BCUT2D eigenvalue weighted by Gasteiger charge is -2.23. The zero-order valence-electron chi connectivity index (χ0n) is 26.6. The highest BCUT2D eigenvalue weighted by atomic mass is 16.6. The number of nitrogens with one attached hydrogen (secondary N) is 1. The molecule has 0 spiro atoms. The Balaban J connectivity index is 1.23. The molecule has 0 unspecified atom stereocenters. The average molecular weight is 628 g/mol. The summed E-state index contributed by atoms with van der Waals surface area (Å²) < 4.78 is 16.0. The molecule has 0 aliphatic heterocycles. The monoisotopic (exact) mass is 627 g/mol. The first kappa shape index (κ1) is 34.6. The van der Waals surface area contributed by atoms with Gasteiger partial charge in [-0.25, -0.2) is 9.59 Å². The highest BCUT2D eigenvalue weighted by molar-refractivity contribution is 5.88. The van der Waals surface area contributed by atoms with E-state index in [4.69, 9.17) is 14.2 Å². The van der Waals surface area contributed by atoms with Gasteiger partial charge in [0.25, 0.3) is 5.91 Å². The SMILES string of the molecule is CCOC(=O)CO[C@@H](C(=O)O)[C@@H](OCCCCCc1ccc2ccccc2c1)C(=O)NCCCCCc1ccc2ccccc2c1. The number of hydrogen-bond donors (Lipinski definition) is 2. The third-order valence-electron chi connectivity index (χ3n) is 7.94. The number of hydrogen-bond acceptors (Lipinski definition) is 6. The quantitative estimate of drug-likeness (QED) is 0.0834. The van der Waals surface area contributed by atoms with Gasteiger partial charge in [-0.2, -0.15) is 0 Å². The van der Waals surface area contributed by atoms with Gasteiger partial charge < -0.3 is 24.6 Å². The Hall–Kier alpha value is -4.27. The van der Waals surface area contributed by atoms with Crippen LogP contribution in [0.3, 0.4) is 0 Å². The summed E-state index contributed by atoms with van der Waals surface area (Å²) >= 11 is 0. The van der Waals surface area contributed by atoms with Gasteiger partial charge in [0.05, 0.1) is 6.61 Å². The van der Waals surface area contributed by atoms with E-state index in [1.54, 1.807) is 6.92 Å². The van der Waals surface area contributed by atoms with Gasteiger partial charge in [-0.1, -0.05) is 97.8 Å². The highest BCUT2D eigenvalue weighted by Gasteiger charge is 2.36. The molecule has 0 fully saturated rings. The van der Waals surface area contributed by atoms with E-state index >= 15 is 0 Å². The number of fused-ring (bicyclic) bond motifs is 2. The molecular weight excluding hydrogens is 582 g/mol. The summed E-state index contributed by atoms with van der Waals surface area (Å²) in [5, 5.41) is 17.5. The van der Waals surface area contributed by atoms with Crippen LogP contribution in [0.5, 0.6) is 0 Å². The van der Waals surface area contributed by atoms with Gasteiger partial charge in [-0.15, -0.1) is 0 Å². The normalized spacial score (nSPS) is 12.5. The predicted octanol–water partition coefficient (Wildman–Crippen LogP) is 6.65. The molecule has 0 bridgehead atoms. The summed E-state index contributed by atoms with van der Waals surface area (Å²) in [5.74, 6) is -2.65. The Morgan fingerprint density at radius 2 is 1.24 bits per heavy atom. The fourth-order valence-corrected chi connectivity index (χ4v) is 5.50. The number of carboxylic acids is 1. The lowest BCUT2D eigenvalue weighted by Crippen LogP contribution is -2.49. The number of unbranched alkanes of at least 4 members (excludes halogenated alkanes) is 4. The molecule has 244 valence electrons. The van der Waals surface area contributed by atoms with Crippen molar-refractivity contribution in [3.63, 3.8) is 0 Å². The number of amides is 1. The van der Waals surface area contributed by atoms with Crippen molar-refractivity contribution in [1.82, 2.24) is 5.32 Å². The van der Waals surface area contributed by atoms with E-state index in [0.717, 1.165) is 44.9 Å². The van der Waals surface area contributed by atoms with E-state index in [1.165, 1.54) is 32.7 Å². The van der Waals surface area contributed by atoms with Crippen molar-refractivity contribution in [2.45, 2.75) is 70.5 Å². The first-order chi connectivity index (χ1) is 22.4. The Kier molecular flexibility index (Phi) is 14.0. The number of rotatable bonds is 20. The number of carboxylic acid groups (broad SMARTS) is 1. The van der Waals surface area contributed by atoms with Crippen LogP contribution < -0.4 is 5.32 Å². The van der Waals surface area contributed by atoms with E-state index in [-0.39, 0.29) is 13.2 Å². The van der Waals surface area contributed by atoms with Crippen LogP contribution in [0.1, 0.15) is 56.6 Å². The maximum atomic E-state index is 13.2. The second-order valence-corrected chi connectivity index (χ2v) is 11.4. The molecule has 0 aliphatic carbocycles. The number of aliphatic carboxylic acids is 1. The van der Waals surface area contributed by atoms with Gasteiger partial charge in [-0.05, 0) is 78.1 Å². The van der Waals surface area contributed by atoms with E-state index in [9.17, 15) is 19.5 Å². The Morgan fingerprint density at radius 3 is 1.80 bits per heavy atom. The molecule has 4 aromatic carbocycles. The highest BCUT2D eigenvalue weighted by Crippen LogP contribution is 2.19. The molecular formula is C38H45NO7. The largest absolute Gasteiger partial charge is 0.479 e. The molecule has 8 nitrogen and oxygen atoms in total. The maximum absolute atomic E-state index is 13.2. The molecule has 0 heterocycles. The van der Waals surface area contributed by atoms with Crippen LogP contribution in [-0.2, 0) is 41.4 Å². The van der Waals surface area contributed by atoms with Gasteiger partial charge in [0, 0.05) is 13.2 Å². The average Bonchev–Trinajstić information content (AvgIpc) is 3.06. The summed E-state index contributed by atoms with van der Waals surface area (Å²) in [4.78, 5) is 37.1. The molecule has 4 aromatic rings. The fraction of sp³-hybridized carbons (Fsp3) is 0.395. The van der Waals surface area contributed by atoms with Crippen molar-refractivity contribution in [2.75, 3.05) is 26.4 Å². The molecule has 4 rings (SSSR count). The number of aryl methyl sites for hydroxylation is 2. The van der Waals surface area contributed by atoms with E-state index in [0.29, 0.717) is 13.0 Å².